The standard InChI is InChI=1S/C28H27N5O4S/c1-18-9-7-8-12-22(18)27(35)30-28-33-32-26(38-28)16-25(34)31-29-17-20-13-14-23(24(15-20)36-3)37-19(2)21-10-5-4-6-11-21/h4-15,17,19H,16H2,1-3H3,(H,31,34)(H,30,33,35)/t19-/m1/s1. The van der Waals surface area contributed by atoms with Gasteiger partial charge in [0.1, 0.15) is 11.1 Å². The van der Waals surface area contributed by atoms with Gasteiger partial charge in [-0.05, 0) is 54.8 Å². The molecule has 0 fully saturated rings. The zero-order valence-corrected chi connectivity index (χ0v) is 22.0. The molecule has 9 nitrogen and oxygen atoms in total. The maximum atomic E-state index is 12.4. The summed E-state index contributed by atoms with van der Waals surface area (Å²) in [4.78, 5) is 24.8. The van der Waals surface area contributed by atoms with Gasteiger partial charge in [-0.1, -0.05) is 59.9 Å². The van der Waals surface area contributed by atoms with E-state index in [4.69, 9.17) is 9.47 Å². The van der Waals surface area contributed by atoms with E-state index < -0.39 is 0 Å². The summed E-state index contributed by atoms with van der Waals surface area (Å²) < 4.78 is 11.5. The smallest absolute Gasteiger partial charge is 0.257 e. The maximum absolute atomic E-state index is 12.4. The van der Waals surface area contributed by atoms with E-state index in [1.54, 1.807) is 31.4 Å². The predicted molar refractivity (Wildman–Crippen MR) is 147 cm³/mol. The summed E-state index contributed by atoms with van der Waals surface area (Å²) >= 11 is 1.13. The topological polar surface area (TPSA) is 115 Å². The number of hydrogen-bond acceptors (Lipinski definition) is 8. The second kappa shape index (κ2) is 12.6. The highest BCUT2D eigenvalue weighted by molar-refractivity contribution is 7.15. The lowest BCUT2D eigenvalue weighted by molar-refractivity contribution is -0.120. The molecule has 2 N–H and O–H groups in total. The molecular weight excluding hydrogens is 502 g/mol. The molecule has 10 heteroatoms. The molecule has 0 saturated carbocycles. The van der Waals surface area contributed by atoms with Crippen LogP contribution in [0.2, 0.25) is 0 Å². The van der Waals surface area contributed by atoms with Crippen LogP contribution in [-0.2, 0) is 11.2 Å². The van der Waals surface area contributed by atoms with Crippen LogP contribution in [0, 0.1) is 6.92 Å². The first kappa shape index (κ1) is 26.5. The minimum atomic E-state index is -0.363. The molecule has 0 aliphatic heterocycles. The Bertz CT molecular complexity index is 1440. The Hall–Kier alpha value is -4.57. The number of hydrazone groups is 1. The normalized spacial score (nSPS) is 11.7. The quantitative estimate of drug-likeness (QED) is 0.222. The third-order valence-electron chi connectivity index (χ3n) is 5.55. The van der Waals surface area contributed by atoms with Crippen LogP contribution >= 0.6 is 11.3 Å². The predicted octanol–water partition coefficient (Wildman–Crippen LogP) is 4.94. The van der Waals surface area contributed by atoms with Crippen molar-refractivity contribution < 1.29 is 19.1 Å². The number of ether oxygens (including phenoxy) is 2. The van der Waals surface area contributed by atoms with E-state index >= 15 is 0 Å². The van der Waals surface area contributed by atoms with Crippen molar-refractivity contribution in [2.24, 2.45) is 5.10 Å². The first-order valence-electron chi connectivity index (χ1n) is 11.8. The average molecular weight is 530 g/mol. The summed E-state index contributed by atoms with van der Waals surface area (Å²) in [6.45, 7) is 3.83. The number of aromatic nitrogens is 2. The second-order valence-electron chi connectivity index (χ2n) is 8.32. The molecule has 0 spiro atoms. The Kier molecular flexibility index (Phi) is 8.78. The molecule has 1 atom stereocenters. The first-order valence-corrected chi connectivity index (χ1v) is 12.7. The highest BCUT2D eigenvalue weighted by Gasteiger charge is 2.14. The molecular formula is C28H27N5O4S. The molecule has 4 aromatic rings. The number of methoxy groups -OCH3 is 1. The highest BCUT2D eigenvalue weighted by atomic mass is 32.1. The van der Waals surface area contributed by atoms with E-state index in [0.29, 0.717) is 27.2 Å². The van der Waals surface area contributed by atoms with E-state index in [2.05, 4.69) is 26.0 Å². The summed E-state index contributed by atoms with van der Waals surface area (Å²) in [6.07, 6.45) is 1.34. The third kappa shape index (κ3) is 7.01. The lowest BCUT2D eigenvalue weighted by atomic mass is 10.1. The molecule has 194 valence electrons. The fourth-order valence-corrected chi connectivity index (χ4v) is 4.30. The second-order valence-corrected chi connectivity index (χ2v) is 9.38. The minimum absolute atomic E-state index is 0.0251. The third-order valence-corrected chi connectivity index (χ3v) is 6.39. The van der Waals surface area contributed by atoms with Gasteiger partial charge < -0.3 is 9.47 Å². The molecule has 38 heavy (non-hydrogen) atoms. The maximum Gasteiger partial charge on any atom is 0.257 e. The van der Waals surface area contributed by atoms with Crippen molar-refractivity contribution >= 4 is 34.5 Å². The number of amides is 2. The fourth-order valence-electron chi connectivity index (χ4n) is 3.57. The average Bonchev–Trinajstić information content (AvgIpc) is 3.36. The molecule has 0 aliphatic carbocycles. The Morgan fingerprint density at radius 1 is 1.03 bits per heavy atom. The molecule has 2 amide bonds. The number of nitrogens with zero attached hydrogens (tertiary/aromatic N) is 3. The Morgan fingerprint density at radius 3 is 2.55 bits per heavy atom. The minimum Gasteiger partial charge on any atom is -0.493 e. The number of nitrogens with one attached hydrogen (secondary N) is 2. The van der Waals surface area contributed by atoms with Gasteiger partial charge in [-0.3, -0.25) is 14.9 Å². The zero-order chi connectivity index (χ0) is 26.9. The lowest BCUT2D eigenvalue weighted by Crippen LogP contribution is -2.19. The van der Waals surface area contributed by atoms with Gasteiger partial charge in [-0.25, -0.2) is 5.43 Å². The largest absolute Gasteiger partial charge is 0.493 e. The number of rotatable bonds is 10. The van der Waals surface area contributed by atoms with Crippen molar-refractivity contribution in [2.75, 3.05) is 12.4 Å². The number of carbonyl (C=O) groups excluding carboxylic acids is 2. The van der Waals surface area contributed by atoms with Crippen LogP contribution in [0.3, 0.4) is 0 Å². The van der Waals surface area contributed by atoms with Crippen LogP contribution in [0.1, 0.15) is 45.1 Å². The summed E-state index contributed by atoms with van der Waals surface area (Å²) in [5.41, 5.74) is 5.66. The number of benzene rings is 3. The number of hydrogen-bond donors (Lipinski definition) is 2. The molecule has 1 heterocycles. The van der Waals surface area contributed by atoms with Gasteiger partial charge in [0.05, 0.1) is 19.7 Å². The van der Waals surface area contributed by atoms with E-state index in [0.717, 1.165) is 28.0 Å². The lowest BCUT2D eigenvalue weighted by Gasteiger charge is -2.17. The zero-order valence-electron chi connectivity index (χ0n) is 21.2. The van der Waals surface area contributed by atoms with E-state index in [-0.39, 0.29) is 24.3 Å². The van der Waals surface area contributed by atoms with Crippen LogP contribution in [0.4, 0.5) is 5.13 Å². The summed E-state index contributed by atoms with van der Waals surface area (Å²) in [7, 11) is 1.57. The SMILES string of the molecule is COc1cc(C=NNC(=O)Cc2nnc(NC(=O)c3ccccc3C)s2)ccc1O[C@H](C)c1ccccc1. The Morgan fingerprint density at radius 2 is 1.79 bits per heavy atom. The van der Waals surface area contributed by atoms with Crippen LogP contribution < -0.4 is 20.2 Å². The summed E-state index contributed by atoms with van der Waals surface area (Å²) in [5.74, 6) is 0.517. The molecule has 0 unspecified atom stereocenters. The highest BCUT2D eigenvalue weighted by Crippen LogP contribution is 2.31. The van der Waals surface area contributed by atoms with E-state index in [9.17, 15) is 9.59 Å². The van der Waals surface area contributed by atoms with Crippen molar-refractivity contribution in [1.29, 1.82) is 0 Å². The monoisotopic (exact) mass is 529 g/mol. The van der Waals surface area contributed by atoms with Crippen molar-refractivity contribution in [2.45, 2.75) is 26.4 Å². The van der Waals surface area contributed by atoms with Gasteiger partial charge in [0, 0.05) is 5.56 Å². The van der Waals surface area contributed by atoms with Gasteiger partial charge in [-0.15, -0.1) is 10.2 Å². The Balaban J connectivity index is 1.30. The number of anilines is 1. The van der Waals surface area contributed by atoms with E-state index in [1.807, 2.05) is 62.4 Å². The van der Waals surface area contributed by atoms with Crippen molar-refractivity contribution in [3.63, 3.8) is 0 Å². The van der Waals surface area contributed by atoms with Gasteiger partial charge in [0.2, 0.25) is 11.0 Å². The molecule has 1 aromatic heterocycles. The summed E-state index contributed by atoms with van der Waals surface area (Å²) in [5, 5.41) is 15.4. The molecule has 4 rings (SSSR count). The van der Waals surface area contributed by atoms with Crippen LogP contribution in [0.25, 0.3) is 0 Å². The molecule has 0 bridgehead atoms. The van der Waals surface area contributed by atoms with Crippen molar-refractivity contribution in [3.8, 4) is 11.5 Å². The van der Waals surface area contributed by atoms with Gasteiger partial charge >= 0.3 is 0 Å². The molecule has 0 saturated heterocycles. The van der Waals surface area contributed by atoms with Crippen molar-refractivity contribution in [3.05, 3.63) is 100 Å². The van der Waals surface area contributed by atoms with Crippen LogP contribution in [0.5, 0.6) is 11.5 Å². The fraction of sp³-hybridized carbons (Fsp3) is 0.179. The van der Waals surface area contributed by atoms with Crippen molar-refractivity contribution in [1.82, 2.24) is 15.6 Å². The van der Waals surface area contributed by atoms with Gasteiger partial charge in [0.15, 0.2) is 11.5 Å². The Labute approximate surface area is 224 Å². The van der Waals surface area contributed by atoms with Gasteiger partial charge in [0.25, 0.3) is 5.91 Å². The summed E-state index contributed by atoms with van der Waals surface area (Å²) in [6, 6.07) is 22.6. The molecule has 3 aromatic carbocycles. The number of aryl methyl sites for hydroxylation is 1. The molecule has 0 radical (unpaired) electrons. The van der Waals surface area contributed by atoms with E-state index in [1.165, 1.54) is 6.21 Å². The number of carbonyl (C=O) groups is 2. The van der Waals surface area contributed by atoms with Crippen LogP contribution in [-0.4, -0.2) is 35.3 Å². The van der Waals surface area contributed by atoms with Crippen LogP contribution in [0.15, 0.2) is 77.9 Å². The molecule has 0 aliphatic rings. The van der Waals surface area contributed by atoms with Gasteiger partial charge in [-0.2, -0.15) is 5.10 Å². The first-order chi connectivity index (χ1) is 18.4.